The zero-order valence-corrected chi connectivity index (χ0v) is 12.9. The van der Waals surface area contributed by atoms with Crippen molar-refractivity contribution in [3.63, 3.8) is 0 Å². The van der Waals surface area contributed by atoms with Crippen LogP contribution in [0.3, 0.4) is 0 Å². The number of pyridine rings is 1. The van der Waals surface area contributed by atoms with Crippen molar-refractivity contribution in [2.75, 3.05) is 5.43 Å². The van der Waals surface area contributed by atoms with Gasteiger partial charge >= 0.3 is 0 Å². The molecule has 23 heavy (non-hydrogen) atoms. The number of benzene rings is 2. The van der Waals surface area contributed by atoms with Crippen LogP contribution in [0.1, 0.15) is 12.5 Å². The van der Waals surface area contributed by atoms with Crippen LogP contribution in [0.15, 0.2) is 53.8 Å². The average molecular weight is 332 g/mol. The molecule has 0 saturated heterocycles. The number of aromatic nitrogens is 1. The van der Waals surface area contributed by atoms with Gasteiger partial charge < -0.3 is 0 Å². The van der Waals surface area contributed by atoms with E-state index < -0.39 is 11.6 Å². The molecular weight excluding hydrogens is 320 g/mol. The fourth-order valence-corrected chi connectivity index (χ4v) is 2.36. The molecule has 0 aliphatic heterocycles. The smallest absolute Gasteiger partial charge is 0.132 e. The SMILES string of the molecule is C/C(=N/Nc1ccnc2cc(Cl)ccc12)c1cc(F)ccc1F. The summed E-state index contributed by atoms with van der Waals surface area (Å²) in [4.78, 5) is 4.23. The van der Waals surface area contributed by atoms with Crippen LogP contribution in [0.4, 0.5) is 14.5 Å². The van der Waals surface area contributed by atoms with Crippen LogP contribution in [-0.2, 0) is 0 Å². The molecule has 0 spiro atoms. The third kappa shape index (κ3) is 3.29. The first-order valence-electron chi connectivity index (χ1n) is 6.84. The Morgan fingerprint density at radius 1 is 1.13 bits per heavy atom. The number of hydrogen-bond donors (Lipinski definition) is 1. The molecule has 0 saturated carbocycles. The van der Waals surface area contributed by atoms with E-state index in [-0.39, 0.29) is 5.56 Å². The van der Waals surface area contributed by atoms with E-state index in [1.165, 1.54) is 0 Å². The minimum Gasteiger partial charge on any atom is -0.277 e. The van der Waals surface area contributed by atoms with Crippen molar-refractivity contribution in [3.8, 4) is 0 Å². The van der Waals surface area contributed by atoms with Gasteiger partial charge in [-0.25, -0.2) is 8.78 Å². The molecule has 6 heteroatoms. The van der Waals surface area contributed by atoms with Crippen molar-refractivity contribution in [1.29, 1.82) is 0 Å². The van der Waals surface area contributed by atoms with E-state index in [0.717, 1.165) is 23.6 Å². The fraction of sp³-hybridized carbons (Fsp3) is 0.0588. The number of fused-ring (bicyclic) bond motifs is 1. The summed E-state index contributed by atoms with van der Waals surface area (Å²) in [5, 5.41) is 5.55. The Balaban J connectivity index is 1.95. The third-order valence-corrected chi connectivity index (χ3v) is 3.60. The summed E-state index contributed by atoms with van der Waals surface area (Å²) < 4.78 is 27.0. The molecule has 0 unspecified atom stereocenters. The number of hydrazone groups is 1. The van der Waals surface area contributed by atoms with Crippen LogP contribution in [-0.4, -0.2) is 10.7 Å². The Morgan fingerprint density at radius 2 is 1.96 bits per heavy atom. The normalized spacial score (nSPS) is 11.7. The largest absolute Gasteiger partial charge is 0.277 e. The standard InChI is InChI=1S/C17H12ClF2N3/c1-10(14-9-12(19)3-5-15(14)20)22-23-16-6-7-21-17-8-11(18)2-4-13(16)17/h2-9H,1H3,(H,21,23)/b22-10-. The zero-order chi connectivity index (χ0) is 16.4. The van der Waals surface area contributed by atoms with Crippen molar-refractivity contribution >= 4 is 33.9 Å². The summed E-state index contributed by atoms with van der Waals surface area (Å²) in [7, 11) is 0. The van der Waals surface area contributed by atoms with Gasteiger partial charge in [-0.05, 0) is 49.4 Å². The van der Waals surface area contributed by atoms with Crippen molar-refractivity contribution in [3.05, 3.63) is 70.9 Å². The lowest BCUT2D eigenvalue weighted by Crippen LogP contribution is -2.03. The first-order valence-corrected chi connectivity index (χ1v) is 7.22. The van der Waals surface area contributed by atoms with Gasteiger partial charge in [0.25, 0.3) is 0 Å². The maximum Gasteiger partial charge on any atom is 0.132 e. The Bertz CT molecular complexity index is 909. The lowest BCUT2D eigenvalue weighted by atomic mass is 10.1. The number of nitrogens with one attached hydrogen (secondary N) is 1. The van der Waals surface area contributed by atoms with Gasteiger partial charge in [0.2, 0.25) is 0 Å². The number of halogens is 3. The van der Waals surface area contributed by atoms with Gasteiger partial charge in [0.15, 0.2) is 0 Å². The molecule has 3 nitrogen and oxygen atoms in total. The third-order valence-electron chi connectivity index (χ3n) is 3.37. The molecule has 0 radical (unpaired) electrons. The summed E-state index contributed by atoms with van der Waals surface area (Å²) >= 11 is 5.95. The van der Waals surface area contributed by atoms with Gasteiger partial charge in [-0.15, -0.1) is 0 Å². The predicted molar refractivity (Wildman–Crippen MR) is 88.9 cm³/mol. The predicted octanol–water partition coefficient (Wildman–Crippen LogP) is 5.00. The van der Waals surface area contributed by atoms with E-state index in [1.807, 2.05) is 6.07 Å². The molecule has 0 aliphatic carbocycles. The summed E-state index contributed by atoms with van der Waals surface area (Å²) in [5.74, 6) is -1.04. The highest BCUT2D eigenvalue weighted by Gasteiger charge is 2.08. The van der Waals surface area contributed by atoms with Gasteiger partial charge in [0.1, 0.15) is 11.6 Å². The van der Waals surface area contributed by atoms with Crippen molar-refractivity contribution in [2.45, 2.75) is 6.92 Å². The molecule has 0 bridgehead atoms. The molecule has 1 aromatic heterocycles. The van der Waals surface area contributed by atoms with Crippen LogP contribution in [0.25, 0.3) is 10.9 Å². The molecular formula is C17H12ClF2N3. The molecule has 0 fully saturated rings. The van der Waals surface area contributed by atoms with Gasteiger partial charge in [-0.2, -0.15) is 5.10 Å². The van der Waals surface area contributed by atoms with Crippen LogP contribution >= 0.6 is 11.6 Å². The second-order valence-corrected chi connectivity index (χ2v) is 5.39. The van der Waals surface area contributed by atoms with E-state index in [2.05, 4.69) is 15.5 Å². The molecule has 0 aliphatic rings. The topological polar surface area (TPSA) is 37.3 Å². The van der Waals surface area contributed by atoms with E-state index in [9.17, 15) is 8.78 Å². The number of nitrogens with zero attached hydrogens (tertiary/aromatic N) is 2. The van der Waals surface area contributed by atoms with Crippen molar-refractivity contribution < 1.29 is 8.78 Å². The minimum atomic E-state index is -0.527. The van der Waals surface area contributed by atoms with Crippen LogP contribution in [0, 0.1) is 11.6 Å². The molecule has 116 valence electrons. The second kappa shape index (κ2) is 6.30. The van der Waals surface area contributed by atoms with E-state index >= 15 is 0 Å². The van der Waals surface area contributed by atoms with Gasteiger partial charge in [0.05, 0.1) is 16.9 Å². The fourth-order valence-electron chi connectivity index (χ4n) is 2.20. The van der Waals surface area contributed by atoms with E-state index in [0.29, 0.717) is 21.9 Å². The summed E-state index contributed by atoms with van der Waals surface area (Å²) in [6.07, 6.45) is 1.62. The van der Waals surface area contributed by atoms with Gasteiger partial charge in [-0.3, -0.25) is 10.4 Å². The molecule has 3 rings (SSSR count). The van der Waals surface area contributed by atoms with Crippen LogP contribution in [0.2, 0.25) is 5.02 Å². The van der Waals surface area contributed by atoms with E-state index in [1.54, 1.807) is 31.3 Å². The highest BCUT2D eigenvalue weighted by Crippen LogP contribution is 2.24. The molecule has 3 aromatic rings. The molecule has 2 aromatic carbocycles. The molecule has 1 N–H and O–H groups in total. The quantitative estimate of drug-likeness (QED) is 0.541. The van der Waals surface area contributed by atoms with Crippen molar-refractivity contribution in [1.82, 2.24) is 4.98 Å². The monoisotopic (exact) mass is 331 g/mol. The number of hydrogen-bond acceptors (Lipinski definition) is 3. The first-order chi connectivity index (χ1) is 11.0. The minimum absolute atomic E-state index is 0.110. The maximum atomic E-state index is 13.7. The summed E-state index contributed by atoms with van der Waals surface area (Å²) in [6.45, 7) is 1.60. The molecule has 0 amide bonds. The first kappa shape index (κ1) is 15.4. The number of anilines is 1. The summed E-state index contributed by atoms with van der Waals surface area (Å²) in [6, 6.07) is 10.3. The highest BCUT2D eigenvalue weighted by molar-refractivity contribution is 6.31. The lowest BCUT2D eigenvalue weighted by molar-refractivity contribution is 0.598. The van der Waals surface area contributed by atoms with Crippen molar-refractivity contribution in [2.24, 2.45) is 5.10 Å². The lowest BCUT2D eigenvalue weighted by Gasteiger charge is -2.07. The Morgan fingerprint density at radius 3 is 2.78 bits per heavy atom. The van der Waals surface area contributed by atoms with Crippen LogP contribution < -0.4 is 5.43 Å². The van der Waals surface area contributed by atoms with E-state index in [4.69, 9.17) is 11.6 Å². The van der Waals surface area contributed by atoms with Gasteiger partial charge in [0, 0.05) is 22.2 Å². The Kier molecular flexibility index (Phi) is 4.21. The molecule has 0 atom stereocenters. The number of rotatable bonds is 3. The second-order valence-electron chi connectivity index (χ2n) is 4.95. The Hall–Kier alpha value is -2.53. The maximum absolute atomic E-state index is 13.7. The zero-order valence-electron chi connectivity index (χ0n) is 12.1. The van der Waals surface area contributed by atoms with Crippen LogP contribution in [0.5, 0.6) is 0 Å². The Labute approximate surface area is 136 Å². The summed E-state index contributed by atoms with van der Waals surface area (Å²) in [5.41, 5.74) is 4.72. The highest BCUT2D eigenvalue weighted by atomic mass is 35.5. The molecule has 1 heterocycles. The van der Waals surface area contributed by atoms with Gasteiger partial charge in [-0.1, -0.05) is 11.6 Å². The average Bonchev–Trinajstić information content (AvgIpc) is 2.54.